The average Bonchev–Trinajstić information content (AvgIpc) is 3.57. The molecular formula is C22H26N2O3. The van der Waals surface area contributed by atoms with E-state index in [0.717, 1.165) is 34.9 Å². The van der Waals surface area contributed by atoms with Crippen LogP contribution in [0.15, 0.2) is 36.4 Å². The van der Waals surface area contributed by atoms with Crippen LogP contribution in [0.5, 0.6) is 5.75 Å². The Bertz CT molecular complexity index is 867. The van der Waals surface area contributed by atoms with E-state index in [4.69, 9.17) is 4.74 Å². The molecule has 1 aliphatic heterocycles. The smallest absolute Gasteiger partial charge is 0.229 e. The summed E-state index contributed by atoms with van der Waals surface area (Å²) in [4.78, 5) is 29.0. The number of piperazine rings is 1. The molecule has 1 saturated carbocycles. The van der Waals surface area contributed by atoms with Crippen molar-refractivity contribution in [3.05, 3.63) is 42.0 Å². The van der Waals surface area contributed by atoms with Crippen LogP contribution in [0.1, 0.15) is 31.2 Å². The van der Waals surface area contributed by atoms with Crippen molar-refractivity contribution in [3.8, 4) is 5.75 Å². The Balaban J connectivity index is 1.43. The Morgan fingerprint density at radius 1 is 0.963 bits per heavy atom. The van der Waals surface area contributed by atoms with Gasteiger partial charge in [0.1, 0.15) is 5.75 Å². The highest BCUT2D eigenvalue weighted by atomic mass is 16.5. The number of rotatable bonds is 4. The summed E-state index contributed by atoms with van der Waals surface area (Å²) < 4.78 is 5.27. The van der Waals surface area contributed by atoms with E-state index in [0.29, 0.717) is 26.2 Å². The Morgan fingerprint density at radius 2 is 1.59 bits per heavy atom. The molecule has 2 aliphatic rings. The molecule has 2 fully saturated rings. The molecular weight excluding hydrogens is 340 g/mol. The van der Waals surface area contributed by atoms with Gasteiger partial charge in [0.2, 0.25) is 11.8 Å². The van der Waals surface area contributed by atoms with E-state index in [1.54, 1.807) is 7.11 Å². The number of ether oxygens (including phenoxy) is 1. The third kappa shape index (κ3) is 3.64. The van der Waals surface area contributed by atoms with Crippen LogP contribution in [0.3, 0.4) is 0 Å². The fourth-order valence-corrected chi connectivity index (χ4v) is 3.79. The Hall–Kier alpha value is -2.56. The monoisotopic (exact) mass is 366 g/mol. The molecule has 0 spiro atoms. The molecule has 1 saturated heterocycles. The first-order chi connectivity index (χ1) is 13.1. The summed E-state index contributed by atoms with van der Waals surface area (Å²) in [5.74, 6) is 1.31. The van der Waals surface area contributed by atoms with Gasteiger partial charge in [0.15, 0.2) is 0 Å². The van der Waals surface area contributed by atoms with E-state index in [1.165, 1.54) is 0 Å². The molecule has 0 aromatic heterocycles. The lowest BCUT2D eigenvalue weighted by molar-refractivity contribution is -0.140. The van der Waals surface area contributed by atoms with Gasteiger partial charge in [0, 0.05) is 32.1 Å². The maximum absolute atomic E-state index is 13.0. The number of hydrogen-bond donors (Lipinski definition) is 0. The van der Waals surface area contributed by atoms with E-state index in [2.05, 4.69) is 6.07 Å². The maximum atomic E-state index is 13.0. The van der Waals surface area contributed by atoms with Crippen molar-refractivity contribution in [1.29, 1.82) is 0 Å². The number of methoxy groups -OCH3 is 1. The minimum Gasteiger partial charge on any atom is -0.497 e. The highest BCUT2D eigenvalue weighted by molar-refractivity contribution is 5.88. The van der Waals surface area contributed by atoms with Gasteiger partial charge in [0.25, 0.3) is 0 Å². The topological polar surface area (TPSA) is 49.9 Å². The summed E-state index contributed by atoms with van der Waals surface area (Å²) in [6, 6.07) is 12.1. The predicted molar refractivity (Wildman–Crippen MR) is 105 cm³/mol. The SMILES string of the molecule is COc1ccc2cc([C@H](C)C(=O)N3CCN(C(=O)C4CC4)CC3)ccc2c1. The molecule has 0 N–H and O–H groups in total. The molecule has 5 nitrogen and oxygen atoms in total. The van der Waals surface area contributed by atoms with Crippen molar-refractivity contribution >= 4 is 22.6 Å². The molecule has 1 atom stereocenters. The van der Waals surface area contributed by atoms with Crippen molar-refractivity contribution in [2.75, 3.05) is 33.3 Å². The molecule has 4 rings (SSSR count). The number of carbonyl (C=O) groups excluding carboxylic acids is 2. The van der Waals surface area contributed by atoms with Crippen molar-refractivity contribution in [2.24, 2.45) is 5.92 Å². The largest absolute Gasteiger partial charge is 0.497 e. The molecule has 142 valence electrons. The summed E-state index contributed by atoms with van der Waals surface area (Å²) in [7, 11) is 1.66. The van der Waals surface area contributed by atoms with E-state index in [-0.39, 0.29) is 23.7 Å². The third-order valence-electron chi connectivity index (χ3n) is 5.77. The third-order valence-corrected chi connectivity index (χ3v) is 5.77. The zero-order valence-electron chi connectivity index (χ0n) is 16.0. The van der Waals surface area contributed by atoms with E-state index < -0.39 is 0 Å². The average molecular weight is 366 g/mol. The van der Waals surface area contributed by atoms with Gasteiger partial charge in [0.05, 0.1) is 13.0 Å². The van der Waals surface area contributed by atoms with Gasteiger partial charge in [-0.3, -0.25) is 9.59 Å². The van der Waals surface area contributed by atoms with Gasteiger partial charge < -0.3 is 14.5 Å². The lowest BCUT2D eigenvalue weighted by Crippen LogP contribution is -2.51. The Kier molecular flexibility index (Phi) is 4.77. The Labute approximate surface area is 159 Å². The lowest BCUT2D eigenvalue weighted by atomic mass is 9.96. The highest BCUT2D eigenvalue weighted by Gasteiger charge is 2.35. The second-order valence-corrected chi connectivity index (χ2v) is 7.62. The number of hydrogen-bond acceptors (Lipinski definition) is 3. The zero-order chi connectivity index (χ0) is 19.0. The normalized spacial score (nSPS) is 18.4. The molecule has 0 bridgehead atoms. The predicted octanol–water partition coefficient (Wildman–Crippen LogP) is 3.03. The first-order valence-corrected chi connectivity index (χ1v) is 9.72. The molecule has 2 aromatic carbocycles. The fourth-order valence-electron chi connectivity index (χ4n) is 3.79. The Morgan fingerprint density at radius 3 is 2.26 bits per heavy atom. The van der Waals surface area contributed by atoms with Gasteiger partial charge in [-0.05, 0) is 48.2 Å². The van der Waals surface area contributed by atoms with Crippen molar-refractivity contribution in [3.63, 3.8) is 0 Å². The van der Waals surface area contributed by atoms with Crippen LogP contribution in [0.25, 0.3) is 10.8 Å². The van der Waals surface area contributed by atoms with E-state index in [1.807, 2.05) is 47.1 Å². The van der Waals surface area contributed by atoms with Crippen molar-refractivity contribution in [2.45, 2.75) is 25.7 Å². The maximum Gasteiger partial charge on any atom is 0.229 e. The van der Waals surface area contributed by atoms with Gasteiger partial charge in [-0.1, -0.05) is 24.3 Å². The first-order valence-electron chi connectivity index (χ1n) is 9.72. The minimum absolute atomic E-state index is 0.140. The second-order valence-electron chi connectivity index (χ2n) is 7.62. The number of benzene rings is 2. The van der Waals surface area contributed by atoms with Crippen LogP contribution >= 0.6 is 0 Å². The van der Waals surface area contributed by atoms with Crippen molar-refractivity contribution in [1.82, 2.24) is 9.80 Å². The molecule has 1 aliphatic carbocycles. The van der Waals surface area contributed by atoms with Crippen molar-refractivity contribution < 1.29 is 14.3 Å². The van der Waals surface area contributed by atoms with Gasteiger partial charge in [-0.15, -0.1) is 0 Å². The van der Waals surface area contributed by atoms with Crippen LogP contribution in [0, 0.1) is 5.92 Å². The number of fused-ring (bicyclic) bond motifs is 1. The quantitative estimate of drug-likeness (QED) is 0.836. The van der Waals surface area contributed by atoms with Crippen LogP contribution in [-0.2, 0) is 9.59 Å². The van der Waals surface area contributed by atoms with Gasteiger partial charge >= 0.3 is 0 Å². The van der Waals surface area contributed by atoms with Crippen LogP contribution < -0.4 is 4.74 Å². The summed E-state index contributed by atoms with van der Waals surface area (Å²) in [5, 5.41) is 2.21. The first kappa shape index (κ1) is 17.8. The molecule has 5 heteroatoms. The van der Waals surface area contributed by atoms with Gasteiger partial charge in [-0.25, -0.2) is 0 Å². The zero-order valence-corrected chi connectivity index (χ0v) is 16.0. The number of amides is 2. The van der Waals surface area contributed by atoms with Crippen LogP contribution in [0.4, 0.5) is 0 Å². The van der Waals surface area contributed by atoms with Crippen LogP contribution in [0.2, 0.25) is 0 Å². The molecule has 0 unspecified atom stereocenters. The van der Waals surface area contributed by atoms with E-state index >= 15 is 0 Å². The number of carbonyl (C=O) groups is 2. The summed E-state index contributed by atoms with van der Waals surface area (Å²) in [6.07, 6.45) is 2.06. The molecule has 0 radical (unpaired) electrons. The number of nitrogens with zero attached hydrogens (tertiary/aromatic N) is 2. The highest BCUT2D eigenvalue weighted by Crippen LogP contribution is 2.31. The molecule has 2 aromatic rings. The summed E-state index contributed by atoms with van der Waals surface area (Å²) >= 11 is 0. The minimum atomic E-state index is -0.192. The molecule has 27 heavy (non-hydrogen) atoms. The summed E-state index contributed by atoms with van der Waals surface area (Å²) in [5.41, 5.74) is 1.02. The molecule has 1 heterocycles. The van der Waals surface area contributed by atoms with Gasteiger partial charge in [-0.2, -0.15) is 0 Å². The fraction of sp³-hybridized carbons (Fsp3) is 0.455. The summed E-state index contributed by atoms with van der Waals surface area (Å²) in [6.45, 7) is 4.55. The van der Waals surface area contributed by atoms with Crippen LogP contribution in [-0.4, -0.2) is 54.9 Å². The standard InChI is InChI=1S/C22H26N2O3/c1-15(17-5-6-19-14-20(27-2)8-7-18(19)13-17)21(25)23-9-11-24(12-10-23)22(26)16-3-4-16/h5-8,13-16H,3-4,9-12H2,1-2H3/t15-/m0/s1. The lowest BCUT2D eigenvalue weighted by Gasteiger charge is -2.36. The second kappa shape index (κ2) is 7.22. The van der Waals surface area contributed by atoms with E-state index in [9.17, 15) is 9.59 Å². The molecule has 2 amide bonds.